The van der Waals surface area contributed by atoms with Crippen molar-refractivity contribution < 1.29 is 14.6 Å². The smallest absolute Gasteiger partial charge is 0.337 e. The predicted octanol–water partition coefficient (Wildman–Crippen LogP) is 5.44. The maximum Gasteiger partial charge on any atom is 0.337 e. The quantitative estimate of drug-likeness (QED) is 0.502. The molecule has 0 heterocycles. The lowest BCUT2D eigenvalue weighted by Gasteiger charge is -2.28. The molecule has 5 heteroatoms. The number of aromatic hydroxyl groups is 1. The number of nitrogens with zero attached hydrogens (tertiary/aromatic N) is 1. The third-order valence-electron chi connectivity index (χ3n) is 5.04. The van der Waals surface area contributed by atoms with Crippen LogP contribution < -0.4 is 0 Å². The van der Waals surface area contributed by atoms with Gasteiger partial charge in [-0.25, -0.2) is 4.79 Å². The van der Waals surface area contributed by atoms with Gasteiger partial charge in [0.1, 0.15) is 5.75 Å². The number of benzene rings is 2. The summed E-state index contributed by atoms with van der Waals surface area (Å²) in [5.74, 6) is -0.265. The average molecular weight is 418 g/mol. The third kappa shape index (κ3) is 6.83. The van der Waals surface area contributed by atoms with Crippen molar-refractivity contribution in [2.24, 2.45) is 0 Å². The molecule has 0 aliphatic heterocycles. The molecule has 0 spiro atoms. The van der Waals surface area contributed by atoms with Crippen molar-refractivity contribution in [3.05, 3.63) is 65.2 Å². The van der Waals surface area contributed by atoms with E-state index in [1.54, 1.807) is 12.1 Å². The third-order valence-corrected chi connectivity index (χ3v) is 5.69. The van der Waals surface area contributed by atoms with E-state index in [4.69, 9.17) is 4.74 Å². The fraction of sp³-hybridized carbons (Fsp3) is 0.458. The first-order valence-electron chi connectivity index (χ1n) is 10.1. The number of ether oxygens (including phenoxy) is 1. The van der Waals surface area contributed by atoms with Gasteiger partial charge in [0, 0.05) is 22.8 Å². The van der Waals surface area contributed by atoms with Crippen LogP contribution in [0.25, 0.3) is 0 Å². The second-order valence-electron chi connectivity index (χ2n) is 7.81. The van der Waals surface area contributed by atoms with E-state index in [0.29, 0.717) is 23.2 Å². The highest BCUT2D eigenvalue weighted by Crippen LogP contribution is 2.42. The van der Waals surface area contributed by atoms with Gasteiger partial charge in [-0.15, -0.1) is 9.24 Å². The van der Waals surface area contributed by atoms with E-state index in [0.717, 1.165) is 12.1 Å². The number of hydrogen-bond acceptors (Lipinski definition) is 4. The second-order valence-corrected chi connectivity index (χ2v) is 8.96. The molecule has 4 nitrogen and oxygen atoms in total. The van der Waals surface area contributed by atoms with E-state index >= 15 is 0 Å². The van der Waals surface area contributed by atoms with Gasteiger partial charge in [-0.3, -0.25) is 4.90 Å². The minimum atomic E-state index is -0.491. The highest BCUT2D eigenvalue weighted by molar-refractivity contribution is 7.18. The molecule has 0 aromatic heterocycles. The fourth-order valence-corrected chi connectivity index (χ4v) is 3.89. The Labute approximate surface area is 178 Å². The van der Waals surface area contributed by atoms with Crippen LogP contribution >= 0.6 is 9.24 Å². The summed E-state index contributed by atoms with van der Waals surface area (Å²) in [6.45, 7) is 14.3. The monoisotopic (exact) mass is 417 g/mol. The van der Waals surface area contributed by atoms with Crippen LogP contribution in [0.1, 0.15) is 63.0 Å². The van der Waals surface area contributed by atoms with Gasteiger partial charge in [-0.1, -0.05) is 37.3 Å². The van der Waals surface area contributed by atoms with Gasteiger partial charge >= 0.3 is 5.97 Å². The zero-order valence-electron chi connectivity index (χ0n) is 18.8. The van der Waals surface area contributed by atoms with Crippen LogP contribution in [0, 0.1) is 0 Å². The zero-order chi connectivity index (χ0) is 22.2. The van der Waals surface area contributed by atoms with Crippen LogP contribution in [0.5, 0.6) is 5.75 Å². The summed E-state index contributed by atoms with van der Waals surface area (Å²) >= 11 is 0. The van der Waals surface area contributed by atoms with E-state index in [9.17, 15) is 9.90 Å². The first-order chi connectivity index (χ1) is 13.6. The standard InChI is InChI=1S/C16H17O3P.C8H19N/c1-16(20,12-6-4-3-5-7-12)13-10-11(15(18)19-2)8-9-14(13)17;1-6-9(7(2)3)8(4)5/h3-10,17H,20H2,1-2H3;7-8H,6H2,1-5H3/t16-;/m0./s1. The topological polar surface area (TPSA) is 49.8 Å². The van der Waals surface area contributed by atoms with Gasteiger partial charge in [-0.05, 0) is 64.9 Å². The van der Waals surface area contributed by atoms with Crippen molar-refractivity contribution in [3.63, 3.8) is 0 Å². The molecule has 2 rings (SSSR count). The molecule has 0 amide bonds. The summed E-state index contributed by atoms with van der Waals surface area (Å²) in [5, 5.41) is 9.63. The molecule has 0 aliphatic rings. The van der Waals surface area contributed by atoms with Crippen molar-refractivity contribution in [3.8, 4) is 5.75 Å². The summed E-state index contributed by atoms with van der Waals surface area (Å²) in [5.41, 5.74) is 2.11. The summed E-state index contributed by atoms with van der Waals surface area (Å²) in [6, 6.07) is 15.9. The molecule has 0 aliphatic carbocycles. The van der Waals surface area contributed by atoms with Crippen LogP contribution in [0.4, 0.5) is 0 Å². The number of rotatable bonds is 6. The lowest BCUT2D eigenvalue weighted by Crippen LogP contribution is -2.36. The largest absolute Gasteiger partial charge is 0.508 e. The summed E-state index contributed by atoms with van der Waals surface area (Å²) in [6.07, 6.45) is 0. The number of carbonyl (C=O) groups is 1. The Morgan fingerprint density at radius 1 is 1.10 bits per heavy atom. The zero-order valence-corrected chi connectivity index (χ0v) is 19.9. The SMILES string of the molecule is CCN(C(C)C)C(C)C.COC(=O)c1ccc(O)c([C@@](C)(P)c2ccccc2)c1. The number of esters is 1. The van der Waals surface area contributed by atoms with E-state index < -0.39 is 11.1 Å². The van der Waals surface area contributed by atoms with Crippen LogP contribution in [0.15, 0.2) is 48.5 Å². The van der Waals surface area contributed by atoms with Gasteiger partial charge < -0.3 is 9.84 Å². The normalized spacial score (nSPS) is 13.1. The number of hydrogen-bond donors (Lipinski definition) is 1. The van der Waals surface area contributed by atoms with E-state index in [2.05, 4.69) is 48.8 Å². The summed E-state index contributed by atoms with van der Waals surface area (Å²) < 4.78 is 4.72. The first-order valence-corrected chi connectivity index (χ1v) is 10.7. The predicted molar refractivity (Wildman–Crippen MR) is 125 cm³/mol. The van der Waals surface area contributed by atoms with Crippen molar-refractivity contribution >= 4 is 15.2 Å². The van der Waals surface area contributed by atoms with Crippen LogP contribution in [0.2, 0.25) is 0 Å². The molecular formula is C24H36NO3P. The van der Waals surface area contributed by atoms with E-state index in [1.165, 1.54) is 13.2 Å². The Balaban J connectivity index is 0.000000396. The van der Waals surface area contributed by atoms with E-state index in [1.807, 2.05) is 37.3 Å². The Hall–Kier alpha value is -1.90. The van der Waals surface area contributed by atoms with Gasteiger partial charge in [0.15, 0.2) is 0 Å². The molecule has 1 unspecified atom stereocenters. The summed E-state index contributed by atoms with van der Waals surface area (Å²) in [4.78, 5) is 14.1. The molecule has 160 valence electrons. The summed E-state index contributed by atoms with van der Waals surface area (Å²) in [7, 11) is 4.08. The number of methoxy groups -OCH3 is 1. The van der Waals surface area contributed by atoms with Gasteiger partial charge in [0.05, 0.1) is 12.7 Å². The van der Waals surface area contributed by atoms with Crippen LogP contribution in [0.3, 0.4) is 0 Å². The fourth-order valence-electron chi connectivity index (χ4n) is 3.46. The average Bonchev–Trinajstić information content (AvgIpc) is 2.68. The molecule has 0 saturated heterocycles. The molecular weight excluding hydrogens is 381 g/mol. The molecule has 0 radical (unpaired) electrons. The van der Waals surface area contributed by atoms with Gasteiger partial charge in [-0.2, -0.15) is 0 Å². The Morgan fingerprint density at radius 3 is 2.07 bits per heavy atom. The number of phenolic OH excluding ortho intramolecular Hbond substituents is 1. The molecule has 2 aromatic carbocycles. The van der Waals surface area contributed by atoms with Crippen molar-refractivity contribution in [2.75, 3.05) is 13.7 Å². The minimum Gasteiger partial charge on any atom is -0.508 e. The minimum absolute atomic E-state index is 0.152. The molecule has 0 saturated carbocycles. The number of carbonyl (C=O) groups excluding carboxylic acids is 1. The number of phenols is 1. The molecule has 2 atom stereocenters. The maximum atomic E-state index is 11.6. The molecule has 29 heavy (non-hydrogen) atoms. The lowest BCUT2D eigenvalue weighted by molar-refractivity contribution is 0.0600. The lowest BCUT2D eigenvalue weighted by atomic mass is 9.90. The molecule has 0 bridgehead atoms. The van der Waals surface area contributed by atoms with Crippen molar-refractivity contribution in [2.45, 2.75) is 58.8 Å². The van der Waals surface area contributed by atoms with Crippen molar-refractivity contribution in [1.82, 2.24) is 4.90 Å². The molecule has 1 N–H and O–H groups in total. The second kappa shape index (κ2) is 11.3. The van der Waals surface area contributed by atoms with Gasteiger partial charge in [0.2, 0.25) is 0 Å². The van der Waals surface area contributed by atoms with Gasteiger partial charge in [0.25, 0.3) is 0 Å². The Morgan fingerprint density at radius 2 is 1.66 bits per heavy atom. The van der Waals surface area contributed by atoms with Crippen LogP contribution in [-0.4, -0.2) is 41.7 Å². The Kier molecular flexibility index (Phi) is 9.82. The van der Waals surface area contributed by atoms with Crippen LogP contribution in [-0.2, 0) is 9.89 Å². The van der Waals surface area contributed by atoms with E-state index in [-0.39, 0.29) is 5.75 Å². The Bertz CT molecular complexity index is 765. The first kappa shape index (κ1) is 25.1. The maximum absolute atomic E-state index is 11.6. The highest BCUT2D eigenvalue weighted by atomic mass is 31.0. The van der Waals surface area contributed by atoms with Crippen molar-refractivity contribution in [1.29, 1.82) is 0 Å². The molecule has 2 aromatic rings. The molecule has 0 fully saturated rings. The highest BCUT2D eigenvalue weighted by Gasteiger charge is 2.27.